The Morgan fingerprint density at radius 3 is 1.93 bits per heavy atom. The van der Waals surface area contributed by atoms with Gasteiger partial charge in [0.1, 0.15) is 0 Å². The Balaban J connectivity index is 1.62. The van der Waals surface area contributed by atoms with Gasteiger partial charge < -0.3 is 0 Å². The largest absolute Gasteiger partial charge is 0.0622 e. The number of fused-ring (bicyclic) bond motifs is 2. The molecule has 0 aromatic heterocycles. The first-order valence-electron chi connectivity index (χ1n) is 9.02. The van der Waals surface area contributed by atoms with Crippen LogP contribution in [0, 0.1) is 23.7 Å². The molecule has 0 nitrogen and oxygen atoms in total. The van der Waals surface area contributed by atoms with E-state index in [-0.39, 0.29) is 0 Å². The van der Waals surface area contributed by atoms with Crippen LogP contribution in [0.25, 0.3) is 0 Å². The number of allylic oxidation sites excluding steroid dienone is 10. The smallest absolute Gasteiger partial charge is 0.0284 e. The minimum atomic E-state index is 0.845. The Hall–Kier alpha value is -3.74. The molecule has 0 atom stereocenters. The third-order valence-corrected chi connectivity index (χ3v) is 4.42. The first-order valence-corrected chi connectivity index (χ1v) is 9.02. The van der Waals surface area contributed by atoms with E-state index in [0.29, 0.717) is 0 Å². The van der Waals surface area contributed by atoms with Crippen molar-refractivity contribution >= 4 is 0 Å². The van der Waals surface area contributed by atoms with Crippen LogP contribution in [0.3, 0.4) is 0 Å². The van der Waals surface area contributed by atoms with E-state index in [1.54, 1.807) is 0 Å². The second kappa shape index (κ2) is 8.09. The van der Waals surface area contributed by atoms with E-state index in [4.69, 9.17) is 0 Å². The second-order valence-corrected chi connectivity index (χ2v) is 6.34. The first-order chi connectivity index (χ1) is 13.4. The Morgan fingerprint density at radius 2 is 1.22 bits per heavy atom. The minimum Gasteiger partial charge on any atom is -0.0622 e. The predicted octanol–water partition coefficient (Wildman–Crippen LogP) is 5.77. The van der Waals surface area contributed by atoms with Crippen molar-refractivity contribution in [3.63, 3.8) is 0 Å². The van der Waals surface area contributed by atoms with E-state index in [0.717, 1.165) is 28.7 Å². The van der Waals surface area contributed by atoms with Crippen molar-refractivity contribution < 1.29 is 0 Å². The lowest BCUT2D eigenvalue weighted by molar-refractivity contribution is 1.19. The van der Waals surface area contributed by atoms with Crippen LogP contribution in [0.1, 0.15) is 17.5 Å². The molecule has 0 heterocycles. The average Bonchev–Trinajstić information content (AvgIpc) is 3.05. The molecule has 126 valence electrons. The fourth-order valence-corrected chi connectivity index (χ4v) is 2.99. The van der Waals surface area contributed by atoms with Gasteiger partial charge in [0.25, 0.3) is 0 Å². The monoisotopic (exact) mass is 342 g/mol. The van der Waals surface area contributed by atoms with Crippen molar-refractivity contribution in [2.45, 2.75) is 6.42 Å². The highest BCUT2D eigenvalue weighted by atomic mass is 14.1. The fraction of sp³-hybridized carbons (Fsp3) is 0.0370. The summed E-state index contributed by atoms with van der Waals surface area (Å²) < 4.78 is 0. The quantitative estimate of drug-likeness (QED) is 0.533. The van der Waals surface area contributed by atoms with E-state index in [2.05, 4.69) is 60.1 Å². The molecule has 0 saturated carbocycles. The van der Waals surface area contributed by atoms with Gasteiger partial charge in [-0.25, -0.2) is 0 Å². The molecule has 0 N–H and O–H groups in total. The minimum absolute atomic E-state index is 0.845. The second-order valence-electron chi connectivity index (χ2n) is 6.34. The number of rotatable bonds is 0. The Morgan fingerprint density at radius 1 is 0.593 bits per heavy atom. The molecular formula is C27H18. The molecule has 2 aromatic rings. The van der Waals surface area contributed by atoms with E-state index >= 15 is 0 Å². The summed E-state index contributed by atoms with van der Waals surface area (Å²) in [5.74, 6) is 13.2. The van der Waals surface area contributed by atoms with Crippen LogP contribution >= 0.6 is 0 Å². The highest BCUT2D eigenvalue weighted by Gasteiger charge is 2.12. The highest BCUT2D eigenvalue weighted by Crippen LogP contribution is 2.28. The molecule has 4 rings (SSSR count). The number of hydrogen-bond acceptors (Lipinski definition) is 0. The zero-order chi connectivity index (χ0) is 18.3. The van der Waals surface area contributed by atoms with Crippen LogP contribution in [0.5, 0.6) is 0 Å². The third-order valence-electron chi connectivity index (χ3n) is 4.42. The normalized spacial score (nSPS) is 14.7. The number of hydrogen-bond donors (Lipinski definition) is 0. The van der Waals surface area contributed by atoms with Crippen molar-refractivity contribution in [1.82, 2.24) is 0 Å². The first kappa shape index (κ1) is 16.7. The maximum atomic E-state index is 3.33. The molecule has 2 bridgehead atoms. The molecule has 0 radical (unpaired) electrons. The Kier molecular flexibility index (Phi) is 5.01. The molecule has 0 fully saturated rings. The summed E-state index contributed by atoms with van der Waals surface area (Å²) in [6.07, 6.45) is 13.5. The molecule has 0 spiro atoms. The maximum Gasteiger partial charge on any atom is 0.0284 e. The molecule has 2 aliphatic rings. The van der Waals surface area contributed by atoms with Crippen molar-refractivity contribution in [2.75, 3.05) is 0 Å². The lowest BCUT2D eigenvalue weighted by atomic mass is 9.98. The fourth-order valence-electron chi connectivity index (χ4n) is 2.99. The van der Waals surface area contributed by atoms with Gasteiger partial charge >= 0.3 is 0 Å². The Bertz CT molecular complexity index is 1110. The van der Waals surface area contributed by atoms with Crippen molar-refractivity contribution in [3.05, 3.63) is 131 Å². The van der Waals surface area contributed by atoms with Gasteiger partial charge in [0, 0.05) is 22.3 Å². The zero-order valence-corrected chi connectivity index (χ0v) is 14.9. The van der Waals surface area contributed by atoms with Crippen LogP contribution in [-0.4, -0.2) is 0 Å². The molecule has 0 unspecified atom stereocenters. The molecule has 0 heteroatoms. The van der Waals surface area contributed by atoms with E-state index < -0.39 is 0 Å². The van der Waals surface area contributed by atoms with Gasteiger partial charge in [0.05, 0.1) is 0 Å². The highest BCUT2D eigenvalue weighted by molar-refractivity contribution is 5.61. The molecule has 0 aliphatic heterocycles. The average molecular weight is 342 g/mol. The van der Waals surface area contributed by atoms with Crippen LogP contribution in [0.15, 0.2) is 119 Å². The standard InChI is InChI=1S/C27H18/c1-3-9-22(10-4-1)17-19-24-13-7-16-27-21-26(24)15-8-14-25(27)20-18-23-11-5-2-6-12-23/h1-16H,21H2. The summed E-state index contributed by atoms with van der Waals surface area (Å²) >= 11 is 0. The molecule has 27 heavy (non-hydrogen) atoms. The number of benzene rings is 2. The molecular weight excluding hydrogens is 324 g/mol. The van der Waals surface area contributed by atoms with Gasteiger partial charge in [0.15, 0.2) is 0 Å². The van der Waals surface area contributed by atoms with Crippen LogP contribution < -0.4 is 0 Å². The van der Waals surface area contributed by atoms with Gasteiger partial charge in [-0.05, 0) is 54.0 Å². The van der Waals surface area contributed by atoms with Crippen molar-refractivity contribution in [1.29, 1.82) is 0 Å². The molecule has 2 aliphatic carbocycles. The van der Waals surface area contributed by atoms with E-state index in [9.17, 15) is 0 Å². The Labute approximate surface area is 161 Å². The summed E-state index contributed by atoms with van der Waals surface area (Å²) in [5, 5.41) is 0. The summed E-state index contributed by atoms with van der Waals surface area (Å²) in [6.45, 7) is 0. The molecule has 0 saturated heterocycles. The predicted molar refractivity (Wildman–Crippen MR) is 113 cm³/mol. The summed E-state index contributed by atoms with van der Waals surface area (Å²) in [5.41, 5.74) is 6.64. The van der Waals surface area contributed by atoms with Gasteiger partial charge in [-0.15, -0.1) is 0 Å². The third kappa shape index (κ3) is 4.27. The summed E-state index contributed by atoms with van der Waals surface area (Å²) in [6, 6.07) is 20.2. The van der Waals surface area contributed by atoms with Gasteiger partial charge in [-0.3, -0.25) is 0 Å². The summed E-state index contributed by atoms with van der Waals surface area (Å²) in [4.78, 5) is 0. The van der Waals surface area contributed by atoms with E-state index in [1.165, 1.54) is 11.1 Å². The molecule has 0 amide bonds. The maximum absolute atomic E-state index is 3.33. The van der Waals surface area contributed by atoms with Crippen LogP contribution in [0.2, 0.25) is 0 Å². The van der Waals surface area contributed by atoms with Crippen molar-refractivity contribution in [3.8, 4) is 23.7 Å². The summed E-state index contributed by atoms with van der Waals surface area (Å²) in [7, 11) is 0. The zero-order valence-electron chi connectivity index (χ0n) is 14.9. The molecule has 2 aromatic carbocycles. The van der Waals surface area contributed by atoms with E-state index in [1.807, 2.05) is 60.7 Å². The lowest BCUT2D eigenvalue weighted by Gasteiger charge is -2.05. The van der Waals surface area contributed by atoms with Crippen molar-refractivity contribution in [2.24, 2.45) is 0 Å². The SMILES string of the molecule is C(#Cc1ccccc1)C1=CC=CC2=C(C#Cc3ccccc3)C=CC=C1C2. The van der Waals surface area contributed by atoms with Gasteiger partial charge in [0.2, 0.25) is 0 Å². The van der Waals surface area contributed by atoms with Crippen LogP contribution in [0.4, 0.5) is 0 Å². The topological polar surface area (TPSA) is 0 Å². The van der Waals surface area contributed by atoms with Gasteiger partial charge in [-0.1, -0.05) is 84.4 Å². The lowest BCUT2D eigenvalue weighted by Crippen LogP contribution is -1.89. The van der Waals surface area contributed by atoms with Gasteiger partial charge in [-0.2, -0.15) is 0 Å². The van der Waals surface area contributed by atoms with Crippen LogP contribution in [-0.2, 0) is 0 Å².